The minimum atomic E-state index is -1.57. The summed E-state index contributed by atoms with van der Waals surface area (Å²) in [6.45, 7) is 0. The third-order valence-corrected chi connectivity index (χ3v) is 0.989. The lowest BCUT2D eigenvalue weighted by atomic mass is 10.3. The molecule has 2 atom stereocenters. The molecule has 0 heterocycles. The molecule has 5 nitrogen and oxygen atoms in total. The summed E-state index contributed by atoms with van der Waals surface area (Å²) < 4.78 is 3.98. The van der Waals surface area contributed by atoms with Crippen LogP contribution in [0.4, 0.5) is 0 Å². The summed E-state index contributed by atoms with van der Waals surface area (Å²) in [6.07, 6.45) is -2.21. The van der Waals surface area contributed by atoms with Crippen LogP contribution in [-0.2, 0) is 14.1 Å². The quantitative estimate of drug-likeness (QED) is 0.534. The van der Waals surface area contributed by atoms with Gasteiger partial charge in [-0.05, 0) is 0 Å². The second kappa shape index (κ2) is 4.19. The lowest BCUT2D eigenvalue weighted by Gasteiger charge is -2.02. The number of rotatable bonds is 3. The Balaban J connectivity index is 3.72. The molecule has 0 aromatic rings. The fraction of sp³-hybridized carbons (Fsp3) is 0.500. The Bertz CT molecular complexity index is 145. The van der Waals surface area contributed by atoms with Gasteiger partial charge >= 0.3 is 11.9 Å². The molecule has 0 aromatic carbocycles. The SMILES string of the molecule is O=C(O)C[C@H](O)C(=O)OP. The van der Waals surface area contributed by atoms with Gasteiger partial charge < -0.3 is 14.7 Å². The smallest absolute Gasteiger partial charge is 0.337 e. The highest BCUT2D eigenvalue weighted by molar-refractivity contribution is 7.10. The van der Waals surface area contributed by atoms with E-state index in [0.717, 1.165) is 0 Å². The average Bonchev–Trinajstić information content (AvgIpc) is 1.85. The van der Waals surface area contributed by atoms with Crippen molar-refractivity contribution in [3.63, 3.8) is 0 Å². The van der Waals surface area contributed by atoms with Crippen LogP contribution in [0.15, 0.2) is 0 Å². The van der Waals surface area contributed by atoms with E-state index in [1.165, 1.54) is 0 Å². The first-order valence-corrected chi connectivity index (χ1v) is 2.85. The van der Waals surface area contributed by atoms with Gasteiger partial charge in [-0.25, -0.2) is 4.79 Å². The van der Waals surface area contributed by atoms with Crippen LogP contribution in [0.5, 0.6) is 0 Å². The molecule has 0 rings (SSSR count). The molecule has 0 amide bonds. The van der Waals surface area contributed by atoms with Crippen LogP contribution in [0.25, 0.3) is 0 Å². The fourth-order valence-corrected chi connectivity index (χ4v) is 0.484. The van der Waals surface area contributed by atoms with Crippen LogP contribution in [-0.4, -0.2) is 28.3 Å². The largest absolute Gasteiger partial charge is 0.481 e. The predicted octanol–water partition coefficient (Wildman–Crippen LogP) is -0.845. The van der Waals surface area contributed by atoms with Crippen LogP contribution >= 0.6 is 9.47 Å². The van der Waals surface area contributed by atoms with Crippen LogP contribution in [0.2, 0.25) is 0 Å². The van der Waals surface area contributed by atoms with Gasteiger partial charge in [-0.15, -0.1) is 0 Å². The predicted molar refractivity (Wildman–Crippen MR) is 34.1 cm³/mol. The molecule has 10 heavy (non-hydrogen) atoms. The van der Waals surface area contributed by atoms with Gasteiger partial charge in [-0.2, -0.15) is 0 Å². The van der Waals surface area contributed by atoms with E-state index in [-0.39, 0.29) is 0 Å². The van der Waals surface area contributed by atoms with Gasteiger partial charge in [0, 0.05) is 0 Å². The zero-order valence-corrected chi connectivity index (χ0v) is 6.14. The van der Waals surface area contributed by atoms with E-state index in [1.807, 2.05) is 0 Å². The van der Waals surface area contributed by atoms with Crippen LogP contribution in [0, 0.1) is 0 Å². The molecule has 0 aliphatic carbocycles. The molecule has 0 saturated carbocycles. The number of hydrogen-bond acceptors (Lipinski definition) is 4. The van der Waals surface area contributed by atoms with Gasteiger partial charge in [0.25, 0.3) is 0 Å². The number of hydrogen-bond donors (Lipinski definition) is 2. The molecular formula is C4H7O5P. The van der Waals surface area contributed by atoms with E-state index in [0.29, 0.717) is 0 Å². The first-order chi connectivity index (χ1) is 4.57. The zero-order valence-electron chi connectivity index (χ0n) is 4.98. The molecule has 0 fully saturated rings. The molecule has 0 radical (unpaired) electrons. The number of aliphatic hydroxyl groups excluding tert-OH is 1. The number of carboxylic acids is 1. The Hall–Kier alpha value is -0.670. The standard InChI is InChI=1S/C4H7O5P/c5-2(1-3(6)7)4(8)9-10/h2,5H,1,10H2,(H,6,7)/t2-/m0/s1. The van der Waals surface area contributed by atoms with E-state index in [1.54, 1.807) is 9.47 Å². The summed E-state index contributed by atoms with van der Waals surface area (Å²) in [6, 6.07) is 0. The van der Waals surface area contributed by atoms with Gasteiger partial charge in [0.15, 0.2) is 6.10 Å². The Labute approximate surface area is 59.3 Å². The lowest BCUT2D eigenvalue weighted by Crippen LogP contribution is -2.23. The van der Waals surface area contributed by atoms with Gasteiger partial charge in [0.1, 0.15) is 0 Å². The molecule has 0 bridgehead atoms. The molecule has 0 saturated heterocycles. The fourth-order valence-electron chi connectivity index (χ4n) is 0.327. The van der Waals surface area contributed by atoms with Gasteiger partial charge in [0.05, 0.1) is 15.9 Å². The van der Waals surface area contributed by atoms with Crippen molar-refractivity contribution in [3.8, 4) is 0 Å². The van der Waals surface area contributed by atoms with Crippen molar-refractivity contribution < 1.29 is 24.3 Å². The second-order valence-electron chi connectivity index (χ2n) is 1.55. The van der Waals surface area contributed by atoms with Gasteiger partial charge in [0.2, 0.25) is 0 Å². The Morgan fingerprint density at radius 3 is 2.40 bits per heavy atom. The highest BCUT2D eigenvalue weighted by Gasteiger charge is 2.18. The first kappa shape index (κ1) is 9.33. The maximum Gasteiger partial charge on any atom is 0.337 e. The molecule has 6 heteroatoms. The molecule has 58 valence electrons. The molecule has 1 unspecified atom stereocenters. The normalized spacial score (nSPS) is 12.2. The first-order valence-electron chi connectivity index (χ1n) is 2.38. The molecule has 0 aliphatic rings. The van der Waals surface area contributed by atoms with Gasteiger partial charge in [-0.3, -0.25) is 4.79 Å². The van der Waals surface area contributed by atoms with Crippen molar-refractivity contribution in [3.05, 3.63) is 0 Å². The van der Waals surface area contributed by atoms with Crippen molar-refractivity contribution >= 4 is 21.4 Å². The van der Waals surface area contributed by atoms with E-state index in [2.05, 4.69) is 4.52 Å². The highest BCUT2D eigenvalue weighted by Crippen LogP contribution is 1.97. The third-order valence-electron chi connectivity index (χ3n) is 0.756. The topological polar surface area (TPSA) is 83.8 Å². The Kier molecular flexibility index (Phi) is 3.91. The maximum absolute atomic E-state index is 10.3. The summed E-state index contributed by atoms with van der Waals surface area (Å²) in [5.74, 6) is -2.21. The zero-order chi connectivity index (χ0) is 8.15. The molecule has 0 aliphatic heterocycles. The molecule has 0 spiro atoms. The van der Waals surface area contributed by atoms with Crippen molar-refractivity contribution in [2.45, 2.75) is 12.5 Å². The van der Waals surface area contributed by atoms with Crippen molar-refractivity contribution in [1.82, 2.24) is 0 Å². The number of aliphatic hydroxyl groups is 1. The lowest BCUT2D eigenvalue weighted by molar-refractivity contribution is -0.150. The minimum absolute atomic E-state index is 0.632. The number of carbonyl (C=O) groups is 2. The summed E-state index contributed by atoms with van der Waals surface area (Å²) in [5, 5.41) is 16.7. The molecular weight excluding hydrogens is 159 g/mol. The third kappa shape index (κ3) is 3.37. The monoisotopic (exact) mass is 166 g/mol. The van der Waals surface area contributed by atoms with E-state index >= 15 is 0 Å². The van der Waals surface area contributed by atoms with E-state index in [4.69, 9.17) is 10.2 Å². The molecule has 2 N–H and O–H groups in total. The van der Waals surface area contributed by atoms with Crippen molar-refractivity contribution in [2.24, 2.45) is 0 Å². The maximum atomic E-state index is 10.3. The summed E-state index contributed by atoms with van der Waals surface area (Å²) in [5.41, 5.74) is 0. The van der Waals surface area contributed by atoms with E-state index in [9.17, 15) is 9.59 Å². The Morgan fingerprint density at radius 1 is 1.60 bits per heavy atom. The highest BCUT2D eigenvalue weighted by atomic mass is 31.0. The van der Waals surface area contributed by atoms with Crippen LogP contribution in [0.1, 0.15) is 6.42 Å². The van der Waals surface area contributed by atoms with Gasteiger partial charge in [-0.1, -0.05) is 0 Å². The summed E-state index contributed by atoms with van der Waals surface area (Å²) in [7, 11) is 1.62. The van der Waals surface area contributed by atoms with Crippen LogP contribution < -0.4 is 0 Å². The average molecular weight is 166 g/mol. The number of aliphatic carboxylic acids is 1. The second-order valence-corrected chi connectivity index (χ2v) is 1.79. The van der Waals surface area contributed by atoms with Crippen molar-refractivity contribution in [1.29, 1.82) is 0 Å². The summed E-state index contributed by atoms with van der Waals surface area (Å²) in [4.78, 5) is 20.1. The summed E-state index contributed by atoms with van der Waals surface area (Å²) >= 11 is 0. The number of carbonyl (C=O) groups excluding carboxylic acids is 1. The Morgan fingerprint density at radius 2 is 2.10 bits per heavy atom. The van der Waals surface area contributed by atoms with Crippen LogP contribution in [0.3, 0.4) is 0 Å². The number of carboxylic acid groups (broad SMARTS) is 1. The van der Waals surface area contributed by atoms with E-state index < -0.39 is 24.5 Å². The molecule has 0 aromatic heterocycles. The minimum Gasteiger partial charge on any atom is -0.481 e. The van der Waals surface area contributed by atoms with Crippen molar-refractivity contribution in [2.75, 3.05) is 0 Å².